The van der Waals surface area contributed by atoms with Gasteiger partial charge < -0.3 is 25.5 Å². The van der Waals surface area contributed by atoms with E-state index in [1.165, 1.54) is 17.1 Å². The highest BCUT2D eigenvalue weighted by molar-refractivity contribution is 5.84. The first-order chi connectivity index (χ1) is 12.8. The van der Waals surface area contributed by atoms with Gasteiger partial charge in [0.2, 0.25) is 5.91 Å². The Kier molecular flexibility index (Phi) is 6.60. The van der Waals surface area contributed by atoms with E-state index in [0.717, 1.165) is 0 Å². The Bertz CT molecular complexity index is 802. The minimum atomic E-state index is -1.15. The number of imidazole rings is 2. The van der Waals surface area contributed by atoms with E-state index in [1.807, 2.05) is 0 Å². The molecule has 0 saturated carbocycles. The van der Waals surface area contributed by atoms with E-state index < -0.39 is 22.8 Å². The van der Waals surface area contributed by atoms with Crippen molar-refractivity contribution in [3.63, 3.8) is 0 Å². The second kappa shape index (κ2) is 8.89. The molecule has 0 aliphatic rings. The number of aromatic amines is 1. The number of rotatable bonds is 10. The van der Waals surface area contributed by atoms with E-state index >= 15 is 0 Å². The molecule has 0 saturated heterocycles. The van der Waals surface area contributed by atoms with Crippen LogP contribution >= 0.6 is 0 Å². The van der Waals surface area contributed by atoms with E-state index in [-0.39, 0.29) is 25.3 Å². The van der Waals surface area contributed by atoms with Gasteiger partial charge >= 0.3 is 11.8 Å². The monoisotopic (exact) mass is 379 g/mol. The van der Waals surface area contributed by atoms with Crippen LogP contribution in [0, 0.1) is 17.0 Å². The number of aromatic nitrogens is 4. The van der Waals surface area contributed by atoms with Gasteiger partial charge in [-0.25, -0.2) is 19.3 Å². The fourth-order valence-electron chi connectivity index (χ4n) is 2.53. The van der Waals surface area contributed by atoms with Gasteiger partial charge in [-0.05, 0) is 12.0 Å². The van der Waals surface area contributed by atoms with E-state index in [1.54, 1.807) is 25.1 Å². The van der Waals surface area contributed by atoms with Crippen LogP contribution in [0.2, 0.25) is 0 Å². The molecule has 12 nitrogen and oxygen atoms in total. The fourth-order valence-corrected chi connectivity index (χ4v) is 2.53. The Morgan fingerprint density at radius 3 is 2.81 bits per heavy atom. The van der Waals surface area contributed by atoms with Crippen molar-refractivity contribution in [2.24, 2.45) is 0 Å². The van der Waals surface area contributed by atoms with E-state index in [9.17, 15) is 24.8 Å². The van der Waals surface area contributed by atoms with Crippen molar-refractivity contribution in [1.29, 1.82) is 0 Å². The number of likely N-dealkylation sites (N-methyl/N-ethyl adjacent to an activating group) is 1. The molecule has 2 rings (SSSR count). The molecule has 2 aromatic rings. The lowest BCUT2D eigenvalue weighted by Crippen LogP contribution is -2.46. The summed E-state index contributed by atoms with van der Waals surface area (Å²) in [5, 5.41) is 22.7. The third-order valence-electron chi connectivity index (χ3n) is 3.94. The predicted octanol–water partition coefficient (Wildman–Crippen LogP) is -0.433. The molecule has 27 heavy (non-hydrogen) atoms. The predicted molar refractivity (Wildman–Crippen MR) is 93.0 cm³/mol. The molecule has 2 aromatic heterocycles. The van der Waals surface area contributed by atoms with Crippen molar-refractivity contribution in [3.05, 3.63) is 40.4 Å². The second-order valence-electron chi connectivity index (χ2n) is 6.03. The van der Waals surface area contributed by atoms with Crippen LogP contribution in [-0.4, -0.2) is 72.5 Å². The van der Waals surface area contributed by atoms with Crippen molar-refractivity contribution < 1.29 is 19.6 Å². The largest absolute Gasteiger partial charge is 0.480 e. The van der Waals surface area contributed by atoms with Crippen LogP contribution in [0.15, 0.2) is 18.7 Å². The van der Waals surface area contributed by atoms with Gasteiger partial charge in [-0.2, -0.15) is 0 Å². The summed E-state index contributed by atoms with van der Waals surface area (Å²) in [6.45, 7) is 2.24. The normalized spacial score (nSPS) is 12.1. The standard InChI is InChI=1S/C15H21N7O5/c1-10-17-7-14(22(26)27)21(10)4-3-20(2)8-13(23)19-12(15(24)25)5-11-6-16-9-18-11/h6-7,9,12H,3-5,8H2,1-2H3,(H,16,18)(H,19,23)(H,24,25)/t12-/m0/s1. The van der Waals surface area contributed by atoms with Gasteiger partial charge in [0, 0.05) is 26.1 Å². The van der Waals surface area contributed by atoms with Gasteiger partial charge in [0.1, 0.15) is 18.8 Å². The SMILES string of the molecule is Cc1ncc([N+](=O)[O-])n1CCN(C)CC(=O)N[C@@H](Cc1c[nH]cn1)C(=O)O. The van der Waals surface area contributed by atoms with Gasteiger partial charge in [-0.15, -0.1) is 0 Å². The van der Waals surface area contributed by atoms with Crippen molar-refractivity contribution in [3.8, 4) is 0 Å². The van der Waals surface area contributed by atoms with E-state index in [2.05, 4.69) is 20.3 Å². The first-order valence-electron chi connectivity index (χ1n) is 8.12. The Labute approximate surface area is 154 Å². The number of amides is 1. The summed E-state index contributed by atoms with van der Waals surface area (Å²) in [4.78, 5) is 46.2. The highest BCUT2D eigenvalue weighted by Gasteiger charge is 2.22. The van der Waals surface area contributed by atoms with Crippen LogP contribution in [0.5, 0.6) is 0 Å². The Morgan fingerprint density at radius 1 is 1.48 bits per heavy atom. The van der Waals surface area contributed by atoms with E-state index in [0.29, 0.717) is 18.1 Å². The van der Waals surface area contributed by atoms with Gasteiger partial charge in [-0.1, -0.05) is 0 Å². The number of nitrogens with zero attached hydrogens (tertiary/aromatic N) is 5. The van der Waals surface area contributed by atoms with Gasteiger partial charge in [-0.3, -0.25) is 9.69 Å². The van der Waals surface area contributed by atoms with Crippen LogP contribution in [0.1, 0.15) is 11.5 Å². The molecule has 0 fully saturated rings. The number of H-pyrrole nitrogens is 1. The lowest BCUT2D eigenvalue weighted by Gasteiger charge is -2.18. The van der Waals surface area contributed by atoms with Crippen LogP contribution in [-0.2, 0) is 22.6 Å². The summed E-state index contributed by atoms with van der Waals surface area (Å²) in [6.07, 6.45) is 4.25. The molecule has 0 aliphatic heterocycles. The minimum absolute atomic E-state index is 0.0497. The lowest BCUT2D eigenvalue weighted by atomic mass is 10.1. The molecular formula is C15H21N7O5. The first kappa shape index (κ1) is 20.0. The van der Waals surface area contributed by atoms with Crippen LogP contribution in [0.25, 0.3) is 0 Å². The number of carbonyl (C=O) groups is 2. The summed E-state index contributed by atoms with van der Waals surface area (Å²) >= 11 is 0. The second-order valence-corrected chi connectivity index (χ2v) is 6.03. The summed E-state index contributed by atoms with van der Waals surface area (Å²) in [5.74, 6) is -1.23. The van der Waals surface area contributed by atoms with Gasteiger partial charge in [0.15, 0.2) is 5.82 Å². The maximum Gasteiger partial charge on any atom is 0.342 e. The number of nitrogens with one attached hydrogen (secondary N) is 2. The number of carbonyl (C=O) groups excluding carboxylic acids is 1. The number of carboxylic acid groups (broad SMARTS) is 1. The highest BCUT2D eigenvalue weighted by Crippen LogP contribution is 2.13. The molecule has 2 heterocycles. The van der Waals surface area contributed by atoms with Crippen LogP contribution in [0.4, 0.5) is 5.82 Å². The number of hydrogen-bond donors (Lipinski definition) is 3. The van der Waals surface area contributed by atoms with Crippen molar-refractivity contribution in [2.45, 2.75) is 25.9 Å². The zero-order valence-electron chi connectivity index (χ0n) is 15.0. The molecule has 1 amide bonds. The number of hydrogen-bond acceptors (Lipinski definition) is 7. The molecule has 0 unspecified atom stereocenters. The van der Waals surface area contributed by atoms with Crippen LogP contribution in [0.3, 0.4) is 0 Å². The number of nitro groups is 1. The Hall–Kier alpha value is -3.28. The number of aryl methyl sites for hydroxylation is 1. The van der Waals surface area contributed by atoms with Crippen molar-refractivity contribution >= 4 is 17.7 Å². The maximum absolute atomic E-state index is 12.1. The lowest BCUT2D eigenvalue weighted by molar-refractivity contribution is -0.392. The summed E-state index contributed by atoms with van der Waals surface area (Å²) in [5.41, 5.74) is 0.527. The first-order valence-corrected chi connectivity index (χ1v) is 8.12. The smallest absolute Gasteiger partial charge is 0.342 e. The zero-order valence-corrected chi connectivity index (χ0v) is 15.0. The molecule has 0 radical (unpaired) electrons. The van der Waals surface area contributed by atoms with Crippen LogP contribution < -0.4 is 5.32 Å². The molecule has 1 atom stereocenters. The minimum Gasteiger partial charge on any atom is -0.480 e. The Morgan fingerprint density at radius 2 is 2.22 bits per heavy atom. The number of aliphatic carboxylic acids is 1. The molecule has 0 aliphatic carbocycles. The molecule has 0 spiro atoms. The third-order valence-corrected chi connectivity index (χ3v) is 3.94. The highest BCUT2D eigenvalue weighted by atomic mass is 16.6. The number of carboxylic acids is 1. The Balaban J connectivity index is 1.86. The topological polar surface area (TPSA) is 159 Å². The van der Waals surface area contributed by atoms with Gasteiger partial charge in [0.05, 0.1) is 18.6 Å². The molecule has 146 valence electrons. The molecule has 0 aromatic carbocycles. The van der Waals surface area contributed by atoms with Crippen molar-refractivity contribution in [2.75, 3.05) is 20.1 Å². The summed E-state index contributed by atoms with van der Waals surface area (Å²) in [7, 11) is 1.67. The summed E-state index contributed by atoms with van der Waals surface area (Å²) in [6, 6.07) is -1.09. The molecule has 3 N–H and O–H groups in total. The molecule has 12 heteroatoms. The van der Waals surface area contributed by atoms with Crippen molar-refractivity contribution in [1.82, 2.24) is 29.7 Å². The zero-order chi connectivity index (χ0) is 20.0. The molecular weight excluding hydrogens is 358 g/mol. The average molecular weight is 379 g/mol. The van der Waals surface area contributed by atoms with Gasteiger partial charge in [0.25, 0.3) is 0 Å². The van der Waals surface area contributed by atoms with E-state index in [4.69, 9.17) is 0 Å². The average Bonchev–Trinajstić information content (AvgIpc) is 3.21. The summed E-state index contributed by atoms with van der Waals surface area (Å²) < 4.78 is 1.45. The molecule has 0 bridgehead atoms. The third kappa shape index (κ3) is 5.60. The quantitative estimate of drug-likeness (QED) is 0.370. The fraction of sp³-hybridized carbons (Fsp3) is 0.467. The maximum atomic E-state index is 12.1.